The van der Waals surface area contributed by atoms with Crippen molar-refractivity contribution in [2.45, 2.75) is 116 Å². The van der Waals surface area contributed by atoms with Crippen molar-refractivity contribution in [1.29, 1.82) is 0 Å². The highest BCUT2D eigenvalue weighted by molar-refractivity contribution is 6.03. The van der Waals surface area contributed by atoms with Gasteiger partial charge in [-0.05, 0) is 93.5 Å². The average molecular weight is 779 g/mol. The van der Waals surface area contributed by atoms with Crippen molar-refractivity contribution in [2.24, 2.45) is 28.3 Å². The first-order valence-electron chi connectivity index (χ1n) is 20.1. The number of carbonyl (C=O) groups is 1. The number of carbonyl (C=O) groups excluding carboxylic acids is 1. The molecule has 6 atom stereocenters. The molecule has 0 saturated heterocycles. The molecule has 2 aromatic rings. The molecule has 1 aliphatic heterocycles. The molecule has 11 heteroatoms. The van der Waals surface area contributed by atoms with E-state index >= 15 is 0 Å². The summed E-state index contributed by atoms with van der Waals surface area (Å²) < 4.78 is 40.9. The smallest absolute Gasteiger partial charge is 0.410 e. The Morgan fingerprint density at radius 1 is 1.05 bits per heavy atom. The number of benzene rings is 2. The Hall–Kier alpha value is -3.93. The molecule has 0 unspecified atom stereocenters. The second-order valence-corrected chi connectivity index (χ2v) is 17.6. The van der Waals surface area contributed by atoms with Gasteiger partial charge in [-0.3, -0.25) is 0 Å². The summed E-state index contributed by atoms with van der Waals surface area (Å²) in [7, 11) is 1.72. The fraction of sp³-hybridized carbons (Fsp3) is 0.600. The van der Waals surface area contributed by atoms with Gasteiger partial charge in [-0.1, -0.05) is 69.1 Å². The zero-order valence-electron chi connectivity index (χ0n) is 34.4. The molecular weight excluding hydrogens is 715 g/mol. The Morgan fingerprint density at radius 2 is 1.77 bits per heavy atom. The van der Waals surface area contributed by atoms with Crippen LogP contribution in [0.1, 0.15) is 104 Å². The van der Waals surface area contributed by atoms with E-state index in [-0.39, 0.29) is 68.4 Å². The largest absolute Gasteiger partial charge is 0.489 e. The molecule has 0 radical (unpaired) electrons. The van der Waals surface area contributed by atoms with Gasteiger partial charge in [0, 0.05) is 43.7 Å². The number of unbranched alkanes of at least 4 members (excludes halogenated alkanes) is 2. The normalized spacial score (nSPS) is 25.0. The summed E-state index contributed by atoms with van der Waals surface area (Å²) in [5, 5.41) is 24.5. The van der Waals surface area contributed by atoms with Crippen molar-refractivity contribution in [2.75, 3.05) is 33.5 Å². The molecule has 2 N–H and O–H groups in total. The highest BCUT2D eigenvalue weighted by Crippen LogP contribution is 2.62. The quantitative estimate of drug-likeness (QED) is 0.0929. The zero-order chi connectivity index (χ0) is 40.7. The number of hydrogen-bond acceptors (Lipinski definition) is 9. The minimum absolute atomic E-state index is 0.0478. The van der Waals surface area contributed by atoms with E-state index in [0.717, 1.165) is 36.8 Å². The summed E-state index contributed by atoms with van der Waals surface area (Å²) in [6, 6.07) is 11.6. The van der Waals surface area contributed by atoms with Gasteiger partial charge in [0.05, 0.1) is 24.8 Å². The van der Waals surface area contributed by atoms with Crippen LogP contribution in [0, 0.1) is 29.0 Å². The van der Waals surface area contributed by atoms with Gasteiger partial charge in [-0.15, -0.1) is 6.58 Å². The molecule has 1 fully saturated rings. The standard InChI is InChI=1S/C45H63FN2O8/c1-9-24-54-45-39(48(8)42(51)53-29-43(2,3)4)27-37(47-56-44(5,6)7)34-25-30(16-12-14-22-49)33(18-13-15-23-50)40(41(34)45)35-26-32(20-21-38(35)55-45)52-28-31-17-10-11-19-36(31)46/h9-11,17,19-21,25-26,30,33,39-41,49-50H,1,12-16,18,22-24,27-29H2,2-8H3/t30-,33+,39-,40+,41+,45+/m0/s1. The van der Waals surface area contributed by atoms with Gasteiger partial charge in [0.2, 0.25) is 5.79 Å². The fourth-order valence-electron chi connectivity index (χ4n) is 8.29. The predicted molar refractivity (Wildman–Crippen MR) is 215 cm³/mol. The molecule has 5 rings (SSSR count). The van der Waals surface area contributed by atoms with Gasteiger partial charge >= 0.3 is 6.09 Å². The topological polar surface area (TPSA) is 119 Å². The van der Waals surface area contributed by atoms with Crippen LogP contribution < -0.4 is 9.47 Å². The van der Waals surface area contributed by atoms with E-state index in [0.29, 0.717) is 35.6 Å². The number of likely N-dealkylation sites (N-methyl/N-ethyl adjacent to an activating group) is 1. The summed E-state index contributed by atoms with van der Waals surface area (Å²) in [6.45, 7) is 16.5. The molecule has 0 spiro atoms. The number of allylic oxidation sites excluding steroid dienone is 1. The zero-order valence-corrected chi connectivity index (χ0v) is 34.4. The van der Waals surface area contributed by atoms with Crippen LogP contribution in [0.5, 0.6) is 11.5 Å². The van der Waals surface area contributed by atoms with Gasteiger partial charge in [0.25, 0.3) is 0 Å². The number of ether oxygens (including phenoxy) is 4. The summed E-state index contributed by atoms with van der Waals surface area (Å²) >= 11 is 0. The molecule has 2 aliphatic carbocycles. The van der Waals surface area contributed by atoms with Crippen LogP contribution in [-0.4, -0.2) is 77.8 Å². The van der Waals surface area contributed by atoms with E-state index in [1.807, 2.05) is 59.7 Å². The van der Waals surface area contributed by atoms with Crippen molar-refractivity contribution in [1.82, 2.24) is 4.90 Å². The minimum atomic E-state index is -1.39. The second kappa shape index (κ2) is 18.6. The predicted octanol–water partition coefficient (Wildman–Crippen LogP) is 8.95. The number of amides is 1. The lowest BCUT2D eigenvalue weighted by Gasteiger charge is -2.59. The number of aliphatic hydroxyl groups excluding tert-OH is 2. The monoisotopic (exact) mass is 778 g/mol. The lowest BCUT2D eigenvalue weighted by Crippen LogP contribution is -2.69. The Bertz CT molecular complexity index is 1710. The van der Waals surface area contributed by atoms with Gasteiger partial charge in [0.1, 0.15) is 35.6 Å². The number of oxime groups is 1. The van der Waals surface area contributed by atoms with E-state index in [1.165, 1.54) is 6.07 Å². The van der Waals surface area contributed by atoms with Crippen molar-refractivity contribution < 1.29 is 43.2 Å². The highest BCUT2D eigenvalue weighted by Gasteiger charge is 2.65. The average Bonchev–Trinajstić information content (AvgIpc) is 3.15. The number of fused-ring (bicyclic) bond motifs is 2. The Morgan fingerprint density at radius 3 is 2.43 bits per heavy atom. The Kier molecular flexibility index (Phi) is 14.3. The number of rotatable bonds is 17. The summed E-state index contributed by atoms with van der Waals surface area (Å²) in [4.78, 5) is 21.7. The molecule has 1 saturated carbocycles. The number of nitrogens with zero attached hydrogens (tertiary/aromatic N) is 2. The second-order valence-electron chi connectivity index (χ2n) is 17.6. The van der Waals surface area contributed by atoms with E-state index in [2.05, 4.69) is 12.7 Å². The maximum absolute atomic E-state index is 14.7. The Labute approximate surface area is 332 Å². The minimum Gasteiger partial charge on any atom is -0.489 e. The molecule has 10 nitrogen and oxygen atoms in total. The molecule has 0 bridgehead atoms. The third-order valence-corrected chi connectivity index (χ3v) is 10.8. The molecule has 3 aliphatic rings. The summed E-state index contributed by atoms with van der Waals surface area (Å²) in [5.74, 6) is -1.13. The van der Waals surface area contributed by atoms with Gasteiger partial charge < -0.3 is 38.9 Å². The highest BCUT2D eigenvalue weighted by atomic mass is 19.1. The van der Waals surface area contributed by atoms with E-state index < -0.39 is 29.4 Å². The van der Waals surface area contributed by atoms with Crippen LogP contribution >= 0.6 is 0 Å². The van der Waals surface area contributed by atoms with Crippen molar-refractivity contribution in [3.8, 4) is 11.5 Å². The van der Waals surface area contributed by atoms with Crippen LogP contribution in [0.25, 0.3) is 0 Å². The van der Waals surface area contributed by atoms with Crippen LogP contribution in [0.4, 0.5) is 9.18 Å². The Balaban J connectivity index is 1.73. The lowest BCUT2D eigenvalue weighted by atomic mass is 9.55. The molecule has 56 heavy (non-hydrogen) atoms. The first-order chi connectivity index (χ1) is 26.6. The van der Waals surface area contributed by atoms with Crippen LogP contribution in [0.2, 0.25) is 0 Å². The maximum Gasteiger partial charge on any atom is 0.410 e. The van der Waals surface area contributed by atoms with Crippen LogP contribution in [0.15, 0.2) is 71.9 Å². The van der Waals surface area contributed by atoms with E-state index in [1.54, 1.807) is 36.2 Å². The molecule has 0 aromatic heterocycles. The van der Waals surface area contributed by atoms with Crippen LogP contribution in [0.3, 0.4) is 0 Å². The molecule has 308 valence electrons. The van der Waals surface area contributed by atoms with Crippen LogP contribution in [-0.2, 0) is 20.9 Å². The first-order valence-corrected chi connectivity index (χ1v) is 20.1. The maximum atomic E-state index is 14.7. The molecular formula is C45H63FN2O8. The molecule has 1 heterocycles. The van der Waals surface area contributed by atoms with Crippen molar-refractivity contribution in [3.63, 3.8) is 0 Å². The third kappa shape index (κ3) is 10.1. The van der Waals surface area contributed by atoms with Gasteiger partial charge in [0.15, 0.2) is 0 Å². The number of hydrogen-bond donors (Lipinski definition) is 2. The first kappa shape index (κ1) is 43.2. The SMILES string of the molecule is C=CCO[C@@]12Oc3ccc(OCc4ccccc4F)cc3[C@H]3[C@H](CCCCO)[C@@H](CCCCO)C=C(C(=NOC(C)(C)C)C[C@@H]1N(C)C(=O)OCC(C)(C)C)[C@H]32. The van der Waals surface area contributed by atoms with Crippen molar-refractivity contribution in [3.05, 3.63) is 83.7 Å². The van der Waals surface area contributed by atoms with Crippen molar-refractivity contribution >= 4 is 11.8 Å². The van der Waals surface area contributed by atoms with E-state index in [9.17, 15) is 19.4 Å². The van der Waals surface area contributed by atoms with Gasteiger partial charge in [-0.2, -0.15) is 0 Å². The molecule has 1 amide bonds. The number of halogens is 1. The lowest BCUT2D eigenvalue weighted by molar-refractivity contribution is -0.254. The fourth-order valence-corrected chi connectivity index (χ4v) is 8.29. The number of aliphatic hydroxyl groups is 2. The van der Waals surface area contributed by atoms with Gasteiger partial charge in [-0.25, -0.2) is 9.18 Å². The van der Waals surface area contributed by atoms with E-state index in [4.69, 9.17) is 28.9 Å². The summed E-state index contributed by atoms with van der Waals surface area (Å²) in [6.07, 6.45) is 8.32. The molecule has 2 aromatic carbocycles. The summed E-state index contributed by atoms with van der Waals surface area (Å²) in [5.41, 5.74) is 2.16. The third-order valence-electron chi connectivity index (χ3n) is 10.8.